The van der Waals surface area contributed by atoms with Crippen molar-refractivity contribution in [1.29, 1.82) is 0 Å². The van der Waals surface area contributed by atoms with Gasteiger partial charge in [-0.05, 0) is 29.7 Å². The predicted molar refractivity (Wildman–Crippen MR) is 98.9 cm³/mol. The number of nitrogens with one attached hydrogen (secondary N) is 1. The number of rotatable bonds is 6. The quantitative estimate of drug-likeness (QED) is 0.714. The van der Waals surface area contributed by atoms with Gasteiger partial charge in [-0.15, -0.1) is 11.3 Å². The number of aromatic nitrogens is 1. The molecule has 1 aromatic heterocycles. The van der Waals surface area contributed by atoms with Crippen LogP contribution >= 0.6 is 11.3 Å². The lowest BCUT2D eigenvalue weighted by Crippen LogP contribution is -2.24. The van der Waals surface area contributed by atoms with Crippen molar-refractivity contribution in [3.63, 3.8) is 0 Å². The van der Waals surface area contributed by atoms with Gasteiger partial charge in [0.05, 0.1) is 12.1 Å². The van der Waals surface area contributed by atoms with Gasteiger partial charge < -0.3 is 5.32 Å². The number of halogens is 1. The van der Waals surface area contributed by atoms with Crippen LogP contribution in [0.1, 0.15) is 23.7 Å². The van der Waals surface area contributed by atoms with Crippen LogP contribution in [-0.4, -0.2) is 10.9 Å². The molecular formula is C20H19FN2OS. The number of carbonyl (C=O) groups is 1. The Morgan fingerprint density at radius 1 is 1.16 bits per heavy atom. The Kier molecular flexibility index (Phi) is 5.56. The maximum Gasteiger partial charge on any atom is 0.224 e. The average molecular weight is 354 g/mol. The summed E-state index contributed by atoms with van der Waals surface area (Å²) in [6, 6.07) is 14.1. The summed E-state index contributed by atoms with van der Waals surface area (Å²) in [7, 11) is 0. The highest BCUT2D eigenvalue weighted by molar-refractivity contribution is 7.13. The van der Waals surface area contributed by atoms with Crippen LogP contribution in [0.15, 0.2) is 53.9 Å². The normalized spacial score (nSPS) is 10.6. The highest BCUT2D eigenvalue weighted by atomic mass is 32.1. The largest absolute Gasteiger partial charge is 0.352 e. The Morgan fingerprint density at radius 2 is 1.96 bits per heavy atom. The molecular weight excluding hydrogens is 335 g/mol. The van der Waals surface area contributed by atoms with Crippen molar-refractivity contribution in [3.8, 4) is 10.6 Å². The van der Waals surface area contributed by atoms with Gasteiger partial charge in [-0.1, -0.05) is 43.3 Å². The molecule has 0 saturated carbocycles. The summed E-state index contributed by atoms with van der Waals surface area (Å²) in [5, 5.41) is 5.96. The number of benzene rings is 2. The molecule has 0 aliphatic heterocycles. The third-order valence-corrected chi connectivity index (χ3v) is 4.80. The number of carbonyl (C=O) groups excluding carboxylic acids is 1. The van der Waals surface area contributed by atoms with Crippen molar-refractivity contribution in [2.75, 3.05) is 0 Å². The molecule has 0 aliphatic carbocycles. The van der Waals surface area contributed by atoms with Crippen molar-refractivity contribution in [1.82, 2.24) is 10.3 Å². The van der Waals surface area contributed by atoms with E-state index in [-0.39, 0.29) is 18.1 Å². The number of aryl methyl sites for hydroxylation is 1. The number of thiazole rings is 1. The molecule has 3 nitrogen and oxygen atoms in total. The first-order chi connectivity index (χ1) is 12.1. The van der Waals surface area contributed by atoms with Crippen LogP contribution in [-0.2, 0) is 24.2 Å². The summed E-state index contributed by atoms with van der Waals surface area (Å²) < 4.78 is 13.1. The van der Waals surface area contributed by atoms with E-state index in [2.05, 4.69) is 22.6 Å². The zero-order valence-corrected chi connectivity index (χ0v) is 14.8. The maximum atomic E-state index is 13.1. The lowest BCUT2D eigenvalue weighted by atomic mass is 10.1. The van der Waals surface area contributed by atoms with Crippen LogP contribution in [0.4, 0.5) is 4.39 Å². The molecule has 0 unspecified atom stereocenters. The van der Waals surface area contributed by atoms with Gasteiger partial charge in [-0.3, -0.25) is 4.79 Å². The summed E-state index contributed by atoms with van der Waals surface area (Å²) in [5.74, 6) is -0.448. The van der Waals surface area contributed by atoms with Crippen LogP contribution in [0.25, 0.3) is 10.6 Å². The first-order valence-corrected chi connectivity index (χ1v) is 9.07. The Bertz CT molecular complexity index is 858. The fourth-order valence-corrected chi connectivity index (χ4v) is 3.37. The monoisotopic (exact) mass is 354 g/mol. The van der Waals surface area contributed by atoms with Gasteiger partial charge in [0, 0.05) is 17.5 Å². The van der Waals surface area contributed by atoms with Crippen molar-refractivity contribution in [2.24, 2.45) is 0 Å². The van der Waals surface area contributed by atoms with Gasteiger partial charge in [0.15, 0.2) is 0 Å². The molecule has 0 saturated heterocycles. The van der Waals surface area contributed by atoms with Gasteiger partial charge in [-0.2, -0.15) is 0 Å². The fourth-order valence-electron chi connectivity index (χ4n) is 2.46. The van der Waals surface area contributed by atoms with Gasteiger partial charge in [0.25, 0.3) is 0 Å². The van der Waals surface area contributed by atoms with E-state index in [0.717, 1.165) is 28.2 Å². The fraction of sp³-hybridized carbons (Fsp3) is 0.200. The number of amides is 1. The first-order valence-electron chi connectivity index (χ1n) is 8.19. The van der Waals surface area contributed by atoms with E-state index < -0.39 is 0 Å². The lowest BCUT2D eigenvalue weighted by Gasteiger charge is -2.06. The Hall–Kier alpha value is -2.53. The lowest BCUT2D eigenvalue weighted by molar-refractivity contribution is -0.120. The van der Waals surface area contributed by atoms with E-state index in [9.17, 15) is 9.18 Å². The standard InChI is InChI=1S/C20H19FN2OS/c1-2-18-13-25-20(23-18)16-8-6-14(7-9-16)12-22-19(24)11-15-4-3-5-17(21)10-15/h3-10,13H,2,11-12H2,1H3,(H,22,24). The van der Waals surface area contributed by atoms with E-state index in [1.807, 2.05) is 24.3 Å². The SMILES string of the molecule is CCc1csc(-c2ccc(CNC(=O)Cc3cccc(F)c3)cc2)n1. The molecule has 0 aliphatic rings. The molecule has 0 bridgehead atoms. The van der Waals surface area contributed by atoms with E-state index in [1.165, 1.54) is 12.1 Å². The smallest absolute Gasteiger partial charge is 0.224 e. The molecule has 1 N–H and O–H groups in total. The molecule has 25 heavy (non-hydrogen) atoms. The van der Waals surface area contributed by atoms with Crippen molar-refractivity contribution in [2.45, 2.75) is 26.3 Å². The molecule has 2 aromatic carbocycles. The van der Waals surface area contributed by atoms with Crippen molar-refractivity contribution < 1.29 is 9.18 Å². The molecule has 1 amide bonds. The second-order valence-corrected chi connectivity index (χ2v) is 6.64. The van der Waals surface area contributed by atoms with Crippen molar-refractivity contribution >= 4 is 17.2 Å². The molecule has 3 aromatic rings. The Morgan fingerprint density at radius 3 is 2.64 bits per heavy atom. The third-order valence-electron chi connectivity index (χ3n) is 3.86. The summed E-state index contributed by atoms with van der Waals surface area (Å²) in [6.45, 7) is 2.54. The Balaban J connectivity index is 1.55. The van der Waals surface area contributed by atoms with E-state index in [0.29, 0.717) is 12.1 Å². The number of hydrogen-bond acceptors (Lipinski definition) is 3. The van der Waals surface area contributed by atoms with E-state index in [1.54, 1.807) is 23.5 Å². The summed E-state index contributed by atoms with van der Waals surface area (Å²) in [4.78, 5) is 16.6. The van der Waals surface area contributed by atoms with Crippen LogP contribution in [0, 0.1) is 5.82 Å². The Labute approximate surface area is 150 Å². The van der Waals surface area contributed by atoms with Crippen LogP contribution in [0.3, 0.4) is 0 Å². The zero-order chi connectivity index (χ0) is 17.6. The van der Waals surface area contributed by atoms with Gasteiger partial charge in [0.2, 0.25) is 5.91 Å². The van der Waals surface area contributed by atoms with Gasteiger partial charge in [0.1, 0.15) is 10.8 Å². The molecule has 5 heteroatoms. The van der Waals surface area contributed by atoms with Crippen molar-refractivity contribution in [3.05, 3.63) is 76.5 Å². The minimum Gasteiger partial charge on any atom is -0.352 e. The van der Waals surface area contributed by atoms with Crippen LogP contribution < -0.4 is 5.32 Å². The topological polar surface area (TPSA) is 42.0 Å². The third kappa shape index (κ3) is 4.73. The van der Waals surface area contributed by atoms with E-state index >= 15 is 0 Å². The number of nitrogens with zero attached hydrogens (tertiary/aromatic N) is 1. The van der Waals surface area contributed by atoms with E-state index in [4.69, 9.17) is 0 Å². The van der Waals surface area contributed by atoms with Gasteiger partial charge in [-0.25, -0.2) is 9.37 Å². The zero-order valence-electron chi connectivity index (χ0n) is 14.0. The molecule has 0 fully saturated rings. The summed E-state index contributed by atoms with van der Waals surface area (Å²) >= 11 is 1.64. The molecule has 3 rings (SSSR count). The van der Waals surface area contributed by atoms with Crippen LogP contribution in [0.2, 0.25) is 0 Å². The van der Waals surface area contributed by atoms with Gasteiger partial charge >= 0.3 is 0 Å². The molecule has 0 spiro atoms. The summed E-state index contributed by atoms with van der Waals surface area (Å²) in [6.07, 6.45) is 1.11. The minimum atomic E-state index is -0.325. The molecule has 1 heterocycles. The first kappa shape index (κ1) is 17.3. The minimum absolute atomic E-state index is 0.123. The maximum absolute atomic E-state index is 13.1. The molecule has 0 atom stereocenters. The molecule has 0 radical (unpaired) electrons. The predicted octanol–water partition coefficient (Wildman–Crippen LogP) is 4.37. The van der Waals surface area contributed by atoms with Crippen LogP contribution in [0.5, 0.6) is 0 Å². The second kappa shape index (κ2) is 8.03. The summed E-state index contributed by atoms with van der Waals surface area (Å²) in [5.41, 5.74) is 3.88. The molecule has 128 valence electrons. The second-order valence-electron chi connectivity index (χ2n) is 5.78. The number of hydrogen-bond donors (Lipinski definition) is 1. The average Bonchev–Trinajstić information content (AvgIpc) is 3.10. The highest BCUT2D eigenvalue weighted by Crippen LogP contribution is 2.24. The highest BCUT2D eigenvalue weighted by Gasteiger charge is 2.06.